The van der Waals surface area contributed by atoms with E-state index in [1.165, 1.54) is 12.1 Å². The van der Waals surface area contributed by atoms with Crippen LogP contribution in [0.1, 0.15) is 0 Å². The zero-order valence-corrected chi connectivity index (χ0v) is 12.8. The molecule has 9 heteroatoms. The molecule has 9 nitrogen and oxygen atoms in total. The van der Waals surface area contributed by atoms with Crippen molar-refractivity contribution in [2.24, 2.45) is 0 Å². The Morgan fingerprint density at radius 1 is 0.885 bits per heavy atom. The van der Waals surface area contributed by atoms with Crippen LogP contribution in [0.3, 0.4) is 0 Å². The van der Waals surface area contributed by atoms with Gasteiger partial charge >= 0.3 is 5.88 Å². The molecule has 3 N–H and O–H groups in total. The lowest BCUT2D eigenvalue weighted by molar-refractivity contribution is -0.401. The third-order valence-electron chi connectivity index (χ3n) is 3.91. The zero-order chi connectivity index (χ0) is 18.6. The van der Waals surface area contributed by atoms with Crippen LogP contribution in [-0.4, -0.2) is 20.2 Å². The molecule has 0 radical (unpaired) electrons. The highest BCUT2D eigenvalue weighted by Crippen LogP contribution is 2.44. The summed E-state index contributed by atoms with van der Waals surface area (Å²) in [7, 11) is 0. The fourth-order valence-electron chi connectivity index (χ4n) is 2.76. The first-order valence-corrected chi connectivity index (χ1v) is 7.25. The monoisotopic (exact) mass is 355 g/mol. The third kappa shape index (κ3) is 2.22. The Labute approximate surface area is 143 Å². The molecule has 0 unspecified atom stereocenters. The lowest BCUT2D eigenvalue weighted by atomic mass is 9.97. The molecular formula is C17H9NO8. The van der Waals surface area contributed by atoms with E-state index in [2.05, 4.69) is 0 Å². The van der Waals surface area contributed by atoms with Crippen LogP contribution in [0.15, 0.2) is 50.0 Å². The maximum atomic E-state index is 11.7. The predicted molar refractivity (Wildman–Crippen MR) is 88.5 cm³/mol. The van der Waals surface area contributed by atoms with E-state index < -0.39 is 33.5 Å². The lowest BCUT2D eigenvalue weighted by Gasteiger charge is -2.14. The number of nitro groups is 1. The van der Waals surface area contributed by atoms with Crippen molar-refractivity contribution in [3.05, 3.63) is 56.7 Å². The van der Waals surface area contributed by atoms with Crippen LogP contribution in [0.4, 0.5) is 5.88 Å². The summed E-state index contributed by atoms with van der Waals surface area (Å²) >= 11 is 0. The number of furan rings is 1. The van der Waals surface area contributed by atoms with Crippen molar-refractivity contribution in [3.63, 3.8) is 0 Å². The van der Waals surface area contributed by atoms with Crippen LogP contribution in [0.5, 0.6) is 17.2 Å². The molecule has 1 aliphatic carbocycles. The molecule has 0 saturated carbocycles. The van der Waals surface area contributed by atoms with E-state index in [-0.39, 0.29) is 33.6 Å². The minimum absolute atomic E-state index is 0.0608. The summed E-state index contributed by atoms with van der Waals surface area (Å²) in [6, 6.07) is 7.03. The van der Waals surface area contributed by atoms with Gasteiger partial charge in [0.1, 0.15) is 22.0 Å². The predicted octanol–water partition coefficient (Wildman–Crippen LogP) is 3.18. The Morgan fingerprint density at radius 3 is 2.31 bits per heavy atom. The first-order valence-electron chi connectivity index (χ1n) is 7.25. The fraction of sp³-hybridized carbons (Fsp3) is 0. The third-order valence-corrected chi connectivity index (χ3v) is 3.91. The number of phenols is 3. The summed E-state index contributed by atoms with van der Waals surface area (Å²) in [5.74, 6) is -1.81. The second-order valence-corrected chi connectivity index (χ2v) is 5.53. The standard InChI is InChI=1S/C17H9NO8/c19-9-3-7-14(5-11(9)21)25-15-6-12(22)10(20)4-8(15)17(7)13-1-2-16(26-13)18(23)24/h1-6,19-21H. The van der Waals surface area contributed by atoms with Gasteiger partial charge in [-0.25, -0.2) is 0 Å². The first kappa shape index (κ1) is 15.5. The zero-order valence-electron chi connectivity index (χ0n) is 12.8. The van der Waals surface area contributed by atoms with Crippen molar-refractivity contribution < 1.29 is 29.1 Å². The average molecular weight is 355 g/mol. The molecule has 2 aliphatic rings. The van der Waals surface area contributed by atoms with Gasteiger partial charge in [-0.15, -0.1) is 0 Å². The highest BCUT2D eigenvalue weighted by atomic mass is 16.6. The van der Waals surface area contributed by atoms with E-state index in [0.29, 0.717) is 0 Å². The Balaban J connectivity index is 2.18. The molecule has 0 bridgehead atoms. The van der Waals surface area contributed by atoms with E-state index in [9.17, 15) is 30.2 Å². The molecule has 130 valence electrons. The highest BCUT2D eigenvalue weighted by molar-refractivity contribution is 6.02. The quantitative estimate of drug-likeness (QED) is 0.215. The van der Waals surface area contributed by atoms with Gasteiger partial charge in [0.15, 0.2) is 17.2 Å². The lowest BCUT2D eigenvalue weighted by Crippen LogP contribution is -2.01. The van der Waals surface area contributed by atoms with Crippen molar-refractivity contribution in [3.8, 4) is 39.9 Å². The molecule has 0 saturated heterocycles. The molecule has 0 spiro atoms. The van der Waals surface area contributed by atoms with Gasteiger partial charge in [-0.3, -0.25) is 14.9 Å². The normalized spacial score (nSPS) is 11.2. The van der Waals surface area contributed by atoms with Gasteiger partial charge in [-0.1, -0.05) is 0 Å². The molecule has 26 heavy (non-hydrogen) atoms. The van der Waals surface area contributed by atoms with Crippen LogP contribution in [0.25, 0.3) is 33.6 Å². The van der Waals surface area contributed by atoms with E-state index in [4.69, 9.17) is 8.83 Å². The SMILES string of the molecule is O=c1cc2oc3cc(O)c(O)cc3c(-c3ccc([N+](=O)[O-])o3)c-2cc1O. The van der Waals surface area contributed by atoms with E-state index in [1.807, 2.05) is 0 Å². The second kappa shape index (κ2) is 5.24. The van der Waals surface area contributed by atoms with E-state index in [0.717, 1.165) is 24.3 Å². The molecule has 0 fully saturated rings. The number of rotatable bonds is 2. The van der Waals surface area contributed by atoms with Crippen molar-refractivity contribution in [2.75, 3.05) is 0 Å². The number of aromatic hydroxyl groups is 3. The van der Waals surface area contributed by atoms with Gasteiger partial charge in [0.2, 0.25) is 5.43 Å². The molecule has 2 aromatic rings. The smallest absolute Gasteiger partial charge is 0.433 e. The number of benzene rings is 2. The number of hydrogen-bond acceptors (Lipinski definition) is 8. The second-order valence-electron chi connectivity index (χ2n) is 5.53. The van der Waals surface area contributed by atoms with Gasteiger partial charge in [-0.2, -0.15) is 0 Å². The maximum Gasteiger partial charge on any atom is 0.433 e. The summed E-state index contributed by atoms with van der Waals surface area (Å²) < 4.78 is 10.8. The molecule has 0 atom stereocenters. The van der Waals surface area contributed by atoms with Gasteiger partial charge < -0.3 is 24.2 Å². The molecule has 1 aromatic heterocycles. The van der Waals surface area contributed by atoms with Crippen molar-refractivity contribution >= 4 is 16.9 Å². The average Bonchev–Trinajstić information content (AvgIpc) is 3.06. The Hall–Kier alpha value is -4.01. The fourth-order valence-corrected chi connectivity index (χ4v) is 2.76. The van der Waals surface area contributed by atoms with Gasteiger partial charge in [0.05, 0.1) is 6.07 Å². The minimum Gasteiger partial charge on any atom is -0.504 e. The summed E-state index contributed by atoms with van der Waals surface area (Å²) in [5, 5.41) is 40.5. The van der Waals surface area contributed by atoms with Crippen molar-refractivity contribution in [2.45, 2.75) is 0 Å². The number of hydrogen-bond donors (Lipinski definition) is 3. The summed E-state index contributed by atoms with van der Waals surface area (Å²) in [6.07, 6.45) is 0. The number of fused-ring (bicyclic) bond motifs is 2. The molecular weight excluding hydrogens is 346 g/mol. The van der Waals surface area contributed by atoms with Gasteiger partial charge in [-0.05, 0) is 18.2 Å². The molecule has 4 rings (SSSR count). The summed E-state index contributed by atoms with van der Waals surface area (Å²) in [5.41, 5.74) is -0.0872. The topological polar surface area (TPSA) is 147 Å². The largest absolute Gasteiger partial charge is 0.504 e. The first-order chi connectivity index (χ1) is 12.3. The van der Waals surface area contributed by atoms with Gasteiger partial charge in [0, 0.05) is 28.6 Å². The Bertz CT molecular complexity index is 1220. The minimum atomic E-state index is -0.711. The Morgan fingerprint density at radius 2 is 1.62 bits per heavy atom. The molecule has 1 aliphatic heterocycles. The van der Waals surface area contributed by atoms with Crippen molar-refractivity contribution in [1.29, 1.82) is 0 Å². The molecule has 2 heterocycles. The van der Waals surface area contributed by atoms with Crippen LogP contribution in [0, 0.1) is 10.1 Å². The maximum absolute atomic E-state index is 11.7. The highest BCUT2D eigenvalue weighted by Gasteiger charge is 2.24. The molecule has 1 aromatic carbocycles. The van der Waals surface area contributed by atoms with E-state index >= 15 is 0 Å². The van der Waals surface area contributed by atoms with Crippen molar-refractivity contribution in [1.82, 2.24) is 0 Å². The summed E-state index contributed by atoms with van der Waals surface area (Å²) in [4.78, 5) is 21.9. The number of phenolic OH excluding ortho intramolecular Hbond substituents is 3. The Kier molecular flexibility index (Phi) is 3.13. The summed E-state index contributed by atoms with van der Waals surface area (Å²) in [6.45, 7) is 0. The van der Waals surface area contributed by atoms with Gasteiger partial charge in [0.25, 0.3) is 0 Å². The van der Waals surface area contributed by atoms with E-state index in [1.54, 1.807) is 0 Å². The number of nitrogens with zero attached hydrogens (tertiary/aromatic N) is 1. The van der Waals surface area contributed by atoms with Crippen LogP contribution >= 0.6 is 0 Å². The van der Waals surface area contributed by atoms with Crippen LogP contribution in [-0.2, 0) is 0 Å². The van der Waals surface area contributed by atoms with Crippen LogP contribution < -0.4 is 5.43 Å². The molecule has 0 amide bonds. The van der Waals surface area contributed by atoms with Crippen LogP contribution in [0.2, 0.25) is 0 Å².